The monoisotopic (exact) mass is 361 g/mol. The third-order valence-electron chi connectivity index (χ3n) is 4.71. The molecule has 1 aliphatic heterocycles. The summed E-state index contributed by atoms with van der Waals surface area (Å²) in [4.78, 5) is 14.7. The summed E-state index contributed by atoms with van der Waals surface area (Å²) in [7, 11) is 1.65. The largest absolute Gasteiger partial charge is 0.497 e. The first-order chi connectivity index (χ1) is 12.1. The Morgan fingerprint density at radius 2 is 1.96 bits per heavy atom. The van der Waals surface area contributed by atoms with Gasteiger partial charge in [0.25, 0.3) is 5.91 Å². The van der Waals surface area contributed by atoms with Crippen molar-refractivity contribution in [2.75, 3.05) is 20.2 Å². The van der Waals surface area contributed by atoms with Gasteiger partial charge in [-0.15, -0.1) is 0 Å². The highest BCUT2D eigenvalue weighted by molar-refractivity contribution is 6.33. The lowest BCUT2D eigenvalue weighted by Crippen LogP contribution is -2.34. The molecule has 0 saturated carbocycles. The number of rotatable bonds is 3. The molecular weight excluding hydrogens is 341 g/mol. The fraction of sp³-hybridized carbons (Fsp3) is 0.350. The van der Waals surface area contributed by atoms with Crippen molar-refractivity contribution in [2.45, 2.75) is 25.2 Å². The van der Waals surface area contributed by atoms with E-state index in [2.05, 4.69) is 12.1 Å². The zero-order valence-corrected chi connectivity index (χ0v) is 14.9. The lowest BCUT2D eigenvalue weighted by molar-refractivity contribution is 0.0754. The van der Waals surface area contributed by atoms with Gasteiger partial charge in [0.05, 0.1) is 17.7 Å². The number of benzene rings is 2. The Morgan fingerprint density at radius 3 is 2.64 bits per heavy atom. The molecule has 1 atom stereocenters. The first kappa shape index (κ1) is 17.7. The molecule has 0 aromatic heterocycles. The third kappa shape index (κ3) is 4.13. The number of carbonyl (C=O) groups excluding carboxylic acids is 1. The summed E-state index contributed by atoms with van der Waals surface area (Å²) in [6.07, 6.45) is 3.06. The van der Waals surface area contributed by atoms with Crippen molar-refractivity contribution >= 4 is 17.5 Å². The molecule has 1 amide bonds. The Hall–Kier alpha value is -2.07. The highest BCUT2D eigenvalue weighted by Crippen LogP contribution is 2.29. The Bertz CT molecular complexity index is 748. The number of amides is 1. The number of halogens is 2. The van der Waals surface area contributed by atoms with Gasteiger partial charge < -0.3 is 9.64 Å². The van der Waals surface area contributed by atoms with Crippen molar-refractivity contribution < 1.29 is 13.9 Å². The standard InChI is InChI=1S/C20H21ClFNO2/c1-25-17-8-5-14(6-9-17)15-4-2-3-11-23(13-15)20(24)18-10-7-16(22)12-19(18)21/h5-10,12,15H,2-4,11,13H2,1H3. The second-order valence-corrected chi connectivity index (χ2v) is 6.75. The summed E-state index contributed by atoms with van der Waals surface area (Å²) in [5.74, 6) is 0.527. The number of hydrogen-bond acceptors (Lipinski definition) is 2. The fourth-order valence-electron chi connectivity index (χ4n) is 3.31. The average molecular weight is 362 g/mol. The van der Waals surface area contributed by atoms with Crippen LogP contribution < -0.4 is 4.74 Å². The lowest BCUT2D eigenvalue weighted by atomic mass is 9.94. The third-order valence-corrected chi connectivity index (χ3v) is 5.02. The number of hydrogen-bond donors (Lipinski definition) is 0. The predicted octanol–water partition coefficient (Wildman–Crippen LogP) is 4.90. The van der Waals surface area contributed by atoms with E-state index in [0.29, 0.717) is 18.7 Å². The van der Waals surface area contributed by atoms with Crippen LogP contribution in [-0.4, -0.2) is 31.0 Å². The summed E-state index contributed by atoms with van der Waals surface area (Å²) < 4.78 is 18.5. The van der Waals surface area contributed by atoms with E-state index in [0.717, 1.165) is 25.0 Å². The first-order valence-corrected chi connectivity index (χ1v) is 8.84. The van der Waals surface area contributed by atoms with Crippen LogP contribution in [-0.2, 0) is 0 Å². The van der Waals surface area contributed by atoms with Gasteiger partial charge in [-0.3, -0.25) is 4.79 Å². The van der Waals surface area contributed by atoms with E-state index < -0.39 is 5.82 Å². The number of methoxy groups -OCH3 is 1. The Balaban J connectivity index is 1.80. The van der Waals surface area contributed by atoms with Crippen LogP contribution >= 0.6 is 11.6 Å². The van der Waals surface area contributed by atoms with Gasteiger partial charge in [0.2, 0.25) is 0 Å². The van der Waals surface area contributed by atoms with Crippen LogP contribution in [0.15, 0.2) is 42.5 Å². The normalized spacial score (nSPS) is 17.9. The van der Waals surface area contributed by atoms with Crippen LogP contribution in [0.2, 0.25) is 5.02 Å². The molecule has 1 unspecified atom stereocenters. The van der Waals surface area contributed by atoms with Gasteiger partial charge in [-0.2, -0.15) is 0 Å². The van der Waals surface area contributed by atoms with E-state index in [-0.39, 0.29) is 16.8 Å². The molecule has 0 N–H and O–H groups in total. The minimum Gasteiger partial charge on any atom is -0.497 e. The molecule has 0 bridgehead atoms. The van der Waals surface area contributed by atoms with E-state index in [1.54, 1.807) is 7.11 Å². The zero-order valence-electron chi connectivity index (χ0n) is 14.2. The minimum absolute atomic E-state index is 0.134. The van der Waals surface area contributed by atoms with Crippen molar-refractivity contribution in [2.24, 2.45) is 0 Å². The molecule has 2 aromatic carbocycles. The second-order valence-electron chi connectivity index (χ2n) is 6.34. The Morgan fingerprint density at radius 1 is 1.20 bits per heavy atom. The van der Waals surface area contributed by atoms with Crippen LogP contribution in [0.4, 0.5) is 4.39 Å². The summed E-state index contributed by atoms with van der Waals surface area (Å²) in [5, 5.41) is 0.162. The summed E-state index contributed by atoms with van der Waals surface area (Å²) in [6, 6.07) is 11.9. The van der Waals surface area contributed by atoms with E-state index in [1.165, 1.54) is 23.8 Å². The molecule has 1 fully saturated rings. The molecule has 132 valence electrons. The number of ether oxygens (including phenoxy) is 1. The predicted molar refractivity (Wildman–Crippen MR) is 96.9 cm³/mol. The molecule has 0 aliphatic carbocycles. The van der Waals surface area contributed by atoms with Crippen LogP contribution in [0.5, 0.6) is 5.75 Å². The summed E-state index contributed by atoms with van der Waals surface area (Å²) >= 11 is 6.07. The van der Waals surface area contributed by atoms with E-state index in [4.69, 9.17) is 16.3 Å². The van der Waals surface area contributed by atoms with Crippen LogP contribution in [0, 0.1) is 5.82 Å². The summed E-state index contributed by atoms with van der Waals surface area (Å²) in [6.45, 7) is 1.33. The van der Waals surface area contributed by atoms with Crippen LogP contribution in [0.1, 0.15) is 41.1 Å². The molecule has 3 rings (SSSR count). The van der Waals surface area contributed by atoms with Gasteiger partial charge in [-0.05, 0) is 48.7 Å². The van der Waals surface area contributed by atoms with Crippen molar-refractivity contribution in [1.29, 1.82) is 0 Å². The molecule has 5 heteroatoms. The van der Waals surface area contributed by atoms with Gasteiger partial charge in [-0.1, -0.05) is 30.2 Å². The van der Waals surface area contributed by atoms with E-state index in [9.17, 15) is 9.18 Å². The maximum absolute atomic E-state index is 13.2. The quantitative estimate of drug-likeness (QED) is 0.778. The van der Waals surface area contributed by atoms with Gasteiger partial charge in [0.1, 0.15) is 11.6 Å². The molecule has 3 nitrogen and oxygen atoms in total. The molecule has 1 heterocycles. The van der Waals surface area contributed by atoms with Gasteiger partial charge in [0, 0.05) is 19.0 Å². The molecule has 1 aliphatic rings. The zero-order chi connectivity index (χ0) is 17.8. The lowest BCUT2D eigenvalue weighted by Gasteiger charge is -2.25. The molecular formula is C20H21ClFNO2. The van der Waals surface area contributed by atoms with Crippen molar-refractivity contribution in [3.05, 3.63) is 64.4 Å². The fourth-order valence-corrected chi connectivity index (χ4v) is 3.56. The number of carbonyl (C=O) groups is 1. The topological polar surface area (TPSA) is 29.5 Å². The van der Waals surface area contributed by atoms with E-state index in [1.807, 2.05) is 17.0 Å². The molecule has 0 radical (unpaired) electrons. The second kappa shape index (κ2) is 7.87. The van der Waals surface area contributed by atoms with Gasteiger partial charge in [-0.25, -0.2) is 4.39 Å². The SMILES string of the molecule is COc1ccc(C2CCCCN(C(=O)c3ccc(F)cc3Cl)C2)cc1. The smallest absolute Gasteiger partial charge is 0.255 e. The Labute approximate surface area is 152 Å². The minimum atomic E-state index is -0.437. The molecule has 2 aromatic rings. The van der Waals surface area contributed by atoms with Crippen LogP contribution in [0.25, 0.3) is 0 Å². The number of likely N-dealkylation sites (tertiary alicyclic amines) is 1. The molecule has 0 spiro atoms. The van der Waals surface area contributed by atoms with Crippen molar-refractivity contribution in [3.63, 3.8) is 0 Å². The number of nitrogens with zero attached hydrogens (tertiary/aromatic N) is 1. The van der Waals surface area contributed by atoms with Crippen molar-refractivity contribution in [1.82, 2.24) is 4.90 Å². The Kier molecular flexibility index (Phi) is 5.59. The van der Waals surface area contributed by atoms with E-state index >= 15 is 0 Å². The summed E-state index contributed by atoms with van der Waals surface area (Å²) in [5.41, 5.74) is 1.56. The van der Waals surface area contributed by atoms with Crippen LogP contribution in [0.3, 0.4) is 0 Å². The van der Waals surface area contributed by atoms with Gasteiger partial charge >= 0.3 is 0 Å². The maximum Gasteiger partial charge on any atom is 0.255 e. The highest BCUT2D eigenvalue weighted by Gasteiger charge is 2.25. The first-order valence-electron chi connectivity index (χ1n) is 8.47. The average Bonchev–Trinajstić information content (AvgIpc) is 2.87. The van der Waals surface area contributed by atoms with Crippen molar-refractivity contribution in [3.8, 4) is 5.75 Å². The highest BCUT2D eigenvalue weighted by atomic mass is 35.5. The maximum atomic E-state index is 13.2. The molecule has 25 heavy (non-hydrogen) atoms. The van der Waals surface area contributed by atoms with Gasteiger partial charge in [0.15, 0.2) is 0 Å². The molecule has 1 saturated heterocycles.